The summed E-state index contributed by atoms with van der Waals surface area (Å²) in [6.45, 7) is 4.44. The van der Waals surface area contributed by atoms with Gasteiger partial charge in [0.05, 0.1) is 7.11 Å². The number of methoxy groups -OCH3 is 1. The van der Waals surface area contributed by atoms with Crippen LogP contribution in [-0.2, 0) is 6.42 Å². The summed E-state index contributed by atoms with van der Waals surface area (Å²) in [7, 11) is 1.75. The van der Waals surface area contributed by atoms with Crippen molar-refractivity contribution in [3.8, 4) is 5.75 Å². The molecule has 88 valence electrons. The van der Waals surface area contributed by atoms with E-state index in [1.165, 1.54) is 22.0 Å². The second-order valence-corrected chi connectivity index (χ2v) is 5.27. The highest BCUT2D eigenvalue weighted by Gasteiger charge is 2.18. The smallest absolute Gasteiger partial charge is 0.122 e. The average molecular weight is 284 g/mol. The number of rotatable bonds is 3. The van der Waals surface area contributed by atoms with E-state index in [2.05, 4.69) is 40.3 Å². The highest BCUT2D eigenvalue weighted by molar-refractivity contribution is 9.10. The van der Waals surface area contributed by atoms with Crippen LogP contribution in [0.25, 0.3) is 0 Å². The van der Waals surface area contributed by atoms with E-state index in [1.54, 1.807) is 7.11 Å². The van der Waals surface area contributed by atoms with Gasteiger partial charge >= 0.3 is 0 Å². The zero-order valence-electron chi connectivity index (χ0n) is 9.85. The fourth-order valence-electron chi connectivity index (χ4n) is 2.33. The predicted molar refractivity (Wildman–Crippen MR) is 70.1 cm³/mol. The quantitative estimate of drug-likeness (QED) is 0.921. The van der Waals surface area contributed by atoms with Gasteiger partial charge in [0.1, 0.15) is 5.75 Å². The average Bonchev–Trinajstić information content (AvgIpc) is 2.78. The number of benzene rings is 1. The van der Waals surface area contributed by atoms with Crippen molar-refractivity contribution in [2.24, 2.45) is 5.92 Å². The molecule has 0 aliphatic carbocycles. The van der Waals surface area contributed by atoms with Crippen molar-refractivity contribution in [3.63, 3.8) is 0 Å². The Morgan fingerprint density at radius 3 is 2.94 bits per heavy atom. The summed E-state index contributed by atoms with van der Waals surface area (Å²) in [5.74, 6) is 1.77. The minimum absolute atomic E-state index is 0.752. The number of nitrogens with one attached hydrogen (secondary N) is 1. The molecule has 1 N–H and O–H groups in total. The summed E-state index contributed by atoms with van der Waals surface area (Å²) >= 11 is 3.59. The number of halogens is 1. The molecular formula is C13H18BrNO. The summed E-state index contributed by atoms with van der Waals surface area (Å²) in [4.78, 5) is 0. The van der Waals surface area contributed by atoms with Crippen LogP contribution in [0.3, 0.4) is 0 Å². The second kappa shape index (κ2) is 5.19. The number of hydrogen-bond acceptors (Lipinski definition) is 2. The van der Waals surface area contributed by atoms with Gasteiger partial charge in [-0.15, -0.1) is 0 Å². The molecule has 1 heterocycles. The second-order valence-electron chi connectivity index (χ2n) is 4.42. The molecule has 1 aromatic carbocycles. The highest BCUT2D eigenvalue weighted by atomic mass is 79.9. The Kier molecular flexibility index (Phi) is 3.87. The zero-order valence-corrected chi connectivity index (χ0v) is 11.4. The van der Waals surface area contributed by atoms with Crippen LogP contribution < -0.4 is 10.1 Å². The minimum atomic E-state index is 0.752. The molecule has 0 saturated carbocycles. The summed E-state index contributed by atoms with van der Waals surface area (Å²) in [5, 5.41) is 3.41. The summed E-state index contributed by atoms with van der Waals surface area (Å²) in [6.07, 6.45) is 2.39. The molecule has 1 atom stereocenters. The molecule has 1 saturated heterocycles. The van der Waals surface area contributed by atoms with Crippen LogP contribution in [0.2, 0.25) is 0 Å². The molecule has 1 aliphatic heterocycles. The lowest BCUT2D eigenvalue weighted by molar-refractivity contribution is 0.404. The lowest BCUT2D eigenvalue weighted by Gasteiger charge is -2.16. The van der Waals surface area contributed by atoms with Gasteiger partial charge in [0.2, 0.25) is 0 Å². The van der Waals surface area contributed by atoms with Crippen molar-refractivity contribution in [1.29, 1.82) is 0 Å². The molecule has 0 bridgehead atoms. The van der Waals surface area contributed by atoms with Crippen molar-refractivity contribution >= 4 is 15.9 Å². The lowest BCUT2D eigenvalue weighted by Crippen LogP contribution is -2.12. The third-order valence-corrected chi connectivity index (χ3v) is 4.22. The van der Waals surface area contributed by atoms with Gasteiger partial charge in [0, 0.05) is 4.47 Å². The highest BCUT2D eigenvalue weighted by Crippen LogP contribution is 2.31. The Morgan fingerprint density at radius 1 is 1.50 bits per heavy atom. The van der Waals surface area contributed by atoms with Crippen LogP contribution in [-0.4, -0.2) is 20.2 Å². The van der Waals surface area contributed by atoms with E-state index in [0.717, 1.165) is 31.2 Å². The molecule has 0 radical (unpaired) electrons. The Bertz CT molecular complexity index is 372. The molecule has 1 aromatic rings. The largest absolute Gasteiger partial charge is 0.496 e. The van der Waals surface area contributed by atoms with Crippen LogP contribution in [0.5, 0.6) is 5.75 Å². The first-order chi connectivity index (χ1) is 7.72. The van der Waals surface area contributed by atoms with Crippen LogP contribution in [0, 0.1) is 12.8 Å². The van der Waals surface area contributed by atoms with Crippen molar-refractivity contribution in [1.82, 2.24) is 5.32 Å². The van der Waals surface area contributed by atoms with E-state index in [0.29, 0.717) is 0 Å². The normalized spacial score (nSPS) is 20.1. The van der Waals surface area contributed by atoms with Gasteiger partial charge in [-0.3, -0.25) is 0 Å². The monoisotopic (exact) mass is 283 g/mol. The van der Waals surface area contributed by atoms with Gasteiger partial charge in [-0.2, -0.15) is 0 Å². The van der Waals surface area contributed by atoms with Crippen molar-refractivity contribution in [2.75, 3.05) is 20.2 Å². The standard InChI is InChI=1S/C13H18BrNO/c1-9-11(7-10-5-6-15-8-10)13(16-2)4-3-12(9)14/h3-4,10,15H,5-8H2,1-2H3. The van der Waals surface area contributed by atoms with E-state index >= 15 is 0 Å². The van der Waals surface area contributed by atoms with Crippen molar-refractivity contribution in [2.45, 2.75) is 19.8 Å². The Morgan fingerprint density at radius 2 is 2.31 bits per heavy atom. The third kappa shape index (κ3) is 2.41. The molecule has 0 amide bonds. The van der Waals surface area contributed by atoms with Gasteiger partial charge in [0.25, 0.3) is 0 Å². The molecule has 16 heavy (non-hydrogen) atoms. The molecular weight excluding hydrogens is 266 g/mol. The maximum absolute atomic E-state index is 5.45. The molecule has 3 heteroatoms. The summed E-state index contributed by atoms with van der Waals surface area (Å²) in [5.41, 5.74) is 2.66. The van der Waals surface area contributed by atoms with Crippen molar-refractivity contribution in [3.05, 3.63) is 27.7 Å². The lowest BCUT2D eigenvalue weighted by atomic mass is 9.95. The van der Waals surface area contributed by atoms with Crippen LogP contribution >= 0.6 is 15.9 Å². The zero-order chi connectivity index (χ0) is 11.5. The molecule has 1 unspecified atom stereocenters. The maximum atomic E-state index is 5.45. The number of ether oxygens (including phenoxy) is 1. The van der Waals surface area contributed by atoms with Gasteiger partial charge in [-0.25, -0.2) is 0 Å². The van der Waals surface area contributed by atoms with Gasteiger partial charge in [0.15, 0.2) is 0 Å². The molecule has 2 rings (SSSR count). The van der Waals surface area contributed by atoms with Gasteiger partial charge in [-0.05, 0) is 62.0 Å². The molecule has 1 aliphatic rings. The van der Waals surface area contributed by atoms with E-state index in [4.69, 9.17) is 4.74 Å². The first-order valence-corrected chi connectivity index (χ1v) is 6.54. The van der Waals surface area contributed by atoms with E-state index in [-0.39, 0.29) is 0 Å². The third-order valence-electron chi connectivity index (χ3n) is 3.36. The summed E-state index contributed by atoms with van der Waals surface area (Å²) < 4.78 is 6.63. The van der Waals surface area contributed by atoms with Gasteiger partial charge < -0.3 is 10.1 Å². The van der Waals surface area contributed by atoms with E-state index in [9.17, 15) is 0 Å². The van der Waals surface area contributed by atoms with E-state index < -0.39 is 0 Å². The first-order valence-electron chi connectivity index (χ1n) is 5.75. The Hall–Kier alpha value is -0.540. The topological polar surface area (TPSA) is 21.3 Å². The van der Waals surface area contributed by atoms with Crippen LogP contribution in [0.15, 0.2) is 16.6 Å². The van der Waals surface area contributed by atoms with Gasteiger partial charge in [-0.1, -0.05) is 15.9 Å². The van der Waals surface area contributed by atoms with Crippen LogP contribution in [0.4, 0.5) is 0 Å². The van der Waals surface area contributed by atoms with Crippen LogP contribution in [0.1, 0.15) is 17.5 Å². The Balaban J connectivity index is 2.25. The first kappa shape index (κ1) is 11.9. The number of hydrogen-bond donors (Lipinski definition) is 1. The maximum Gasteiger partial charge on any atom is 0.122 e. The molecule has 0 aromatic heterocycles. The molecule has 2 nitrogen and oxygen atoms in total. The van der Waals surface area contributed by atoms with Crippen molar-refractivity contribution < 1.29 is 4.74 Å². The minimum Gasteiger partial charge on any atom is -0.496 e. The predicted octanol–water partition coefficient (Wildman–Crippen LogP) is 2.92. The van der Waals surface area contributed by atoms with E-state index in [1.807, 2.05) is 0 Å². The Labute approximate surface area is 106 Å². The fraction of sp³-hybridized carbons (Fsp3) is 0.538. The molecule has 1 fully saturated rings. The summed E-state index contributed by atoms with van der Waals surface area (Å²) in [6, 6.07) is 4.11. The fourth-order valence-corrected chi connectivity index (χ4v) is 2.70. The SMILES string of the molecule is COc1ccc(Br)c(C)c1CC1CCNC1. The molecule has 0 spiro atoms.